The van der Waals surface area contributed by atoms with Crippen molar-refractivity contribution in [3.63, 3.8) is 0 Å². The predicted molar refractivity (Wildman–Crippen MR) is 80.0 cm³/mol. The molecule has 0 radical (unpaired) electrons. The number of aryl methyl sites for hydroxylation is 1. The van der Waals surface area contributed by atoms with Crippen molar-refractivity contribution in [1.82, 2.24) is 9.97 Å². The van der Waals surface area contributed by atoms with Gasteiger partial charge in [0, 0.05) is 24.3 Å². The van der Waals surface area contributed by atoms with Gasteiger partial charge in [-0.05, 0) is 24.6 Å². The number of halogens is 1. The van der Waals surface area contributed by atoms with Crippen LogP contribution >= 0.6 is 15.9 Å². The van der Waals surface area contributed by atoms with Gasteiger partial charge >= 0.3 is 5.97 Å². The normalized spacial score (nSPS) is 10.3. The molecule has 0 spiro atoms. The molecule has 1 aromatic carbocycles. The highest BCUT2D eigenvalue weighted by Gasteiger charge is 2.16. The molecule has 104 valence electrons. The molecule has 0 saturated carbocycles. The maximum atomic E-state index is 11.2. The van der Waals surface area contributed by atoms with Crippen molar-refractivity contribution >= 4 is 27.7 Å². The zero-order chi connectivity index (χ0) is 14.7. The van der Waals surface area contributed by atoms with Gasteiger partial charge in [0.1, 0.15) is 17.2 Å². The van der Waals surface area contributed by atoms with Crippen LogP contribution in [-0.4, -0.2) is 28.1 Å². The zero-order valence-corrected chi connectivity index (χ0v) is 12.8. The van der Waals surface area contributed by atoms with Gasteiger partial charge in [-0.1, -0.05) is 28.1 Å². The second-order valence-electron chi connectivity index (χ2n) is 4.45. The Kier molecular flexibility index (Phi) is 4.34. The van der Waals surface area contributed by atoms with Crippen molar-refractivity contribution in [2.75, 3.05) is 11.9 Å². The third-order valence-corrected chi connectivity index (χ3v) is 3.28. The molecular formula is C14H14BrN3O2. The number of carbonyl (C=O) groups is 1. The molecular weight excluding hydrogens is 322 g/mol. The quantitative estimate of drug-likeness (QED) is 0.930. The van der Waals surface area contributed by atoms with Crippen LogP contribution in [0.1, 0.15) is 21.7 Å². The lowest BCUT2D eigenvalue weighted by atomic mass is 10.2. The van der Waals surface area contributed by atoms with Gasteiger partial charge in [-0.15, -0.1) is 0 Å². The van der Waals surface area contributed by atoms with E-state index in [1.165, 1.54) is 6.20 Å². The molecule has 0 fully saturated rings. The predicted octanol–water partition coefficient (Wildman–Crippen LogP) is 2.88. The van der Waals surface area contributed by atoms with Crippen molar-refractivity contribution in [3.8, 4) is 0 Å². The number of hydrogen-bond acceptors (Lipinski definition) is 4. The van der Waals surface area contributed by atoms with Gasteiger partial charge in [-0.25, -0.2) is 14.8 Å². The number of nitrogens with zero attached hydrogens (tertiary/aromatic N) is 3. The lowest BCUT2D eigenvalue weighted by molar-refractivity contribution is 0.0696. The number of rotatable bonds is 4. The molecule has 0 atom stereocenters. The summed E-state index contributed by atoms with van der Waals surface area (Å²) in [6, 6.07) is 7.86. The molecule has 0 saturated heterocycles. The Morgan fingerprint density at radius 2 is 2.20 bits per heavy atom. The summed E-state index contributed by atoms with van der Waals surface area (Å²) >= 11 is 3.42. The minimum atomic E-state index is -1.03. The molecule has 20 heavy (non-hydrogen) atoms. The number of benzene rings is 1. The largest absolute Gasteiger partial charge is 0.477 e. The zero-order valence-electron chi connectivity index (χ0n) is 11.2. The molecule has 0 amide bonds. The fourth-order valence-electron chi connectivity index (χ4n) is 1.88. The Bertz CT molecular complexity index is 646. The highest BCUT2D eigenvalue weighted by Crippen LogP contribution is 2.19. The molecule has 1 aromatic heterocycles. The van der Waals surface area contributed by atoms with Crippen LogP contribution in [0.4, 0.5) is 5.82 Å². The van der Waals surface area contributed by atoms with Crippen molar-refractivity contribution < 1.29 is 9.90 Å². The summed E-state index contributed by atoms with van der Waals surface area (Å²) in [5, 5.41) is 9.20. The molecule has 6 heteroatoms. The minimum absolute atomic E-state index is 0.105. The van der Waals surface area contributed by atoms with E-state index in [1.54, 1.807) is 11.8 Å². The van der Waals surface area contributed by atoms with Crippen LogP contribution in [0.15, 0.2) is 34.9 Å². The molecule has 5 nitrogen and oxygen atoms in total. The van der Waals surface area contributed by atoms with Gasteiger partial charge in [0.05, 0.1) is 0 Å². The summed E-state index contributed by atoms with van der Waals surface area (Å²) < 4.78 is 0.987. The maximum Gasteiger partial charge on any atom is 0.341 e. The third kappa shape index (κ3) is 3.33. The first-order valence-electron chi connectivity index (χ1n) is 6.00. The van der Waals surface area contributed by atoms with Crippen molar-refractivity contribution in [2.24, 2.45) is 0 Å². The molecule has 0 aliphatic rings. The highest BCUT2D eigenvalue weighted by atomic mass is 79.9. The fraction of sp³-hybridized carbons (Fsp3) is 0.214. The molecule has 1 heterocycles. The van der Waals surface area contributed by atoms with E-state index in [0.717, 1.165) is 10.0 Å². The Balaban J connectivity index is 2.31. The molecule has 2 aromatic rings. The summed E-state index contributed by atoms with van der Waals surface area (Å²) in [7, 11) is 1.81. The van der Waals surface area contributed by atoms with E-state index in [9.17, 15) is 9.90 Å². The maximum absolute atomic E-state index is 11.2. The number of aromatic nitrogens is 2. The van der Waals surface area contributed by atoms with E-state index in [-0.39, 0.29) is 5.56 Å². The monoisotopic (exact) mass is 335 g/mol. The fourth-order valence-corrected chi connectivity index (χ4v) is 2.33. The Labute approximate surface area is 125 Å². The van der Waals surface area contributed by atoms with Gasteiger partial charge in [0.15, 0.2) is 0 Å². The number of anilines is 1. The Hall–Kier alpha value is -1.95. The average Bonchev–Trinajstić information content (AvgIpc) is 2.38. The van der Waals surface area contributed by atoms with Crippen LogP contribution in [0.3, 0.4) is 0 Å². The average molecular weight is 336 g/mol. The molecule has 2 rings (SSSR count). The molecule has 1 N–H and O–H groups in total. The van der Waals surface area contributed by atoms with Crippen LogP contribution in [0.2, 0.25) is 0 Å². The van der Waals surface area contributed by atoms with E-state index in [2.05, 4.69) is 25.9 Å². The van der Waals surface area contributed by atoms with Crippen LogP contribution < -0.4 is 4.90 Å². The lowest BCUT2D eigenvalue weighted by Gasteiger charge is -2.20. The van der Waals surface area contributed by atoms with Crippen LogP contribution in [0.25, 0.3) is 0 Å². The van der Waals surface area contributed by atoms with Crippen molar-refractivity contribution in [3.05, 3.63) is 51.9 Å². The van der Waals surface area contributed by atoms with Gasteiger partial charge in [-0.3, -0.25) is 0 Å². The Morgan fingerprint density at radius 3 is 2.85 bits per heavy atom. The number of hydrogen-bond donors (Lipinski definition) is 1. The van der Waals surface area contributed by atoms with Gasteiger partial charge in [-0.2, -0.15) is 0 Å². The molecule has 0 aliphatic carbocycles. The first kappa shape index (κ1) is 14.5. The summed E-state index contributed by atoms with van der Waals surface area (Å²) in [4.78, 5) is 21.2. The molecule has 0 aliphatic heterocycles. The number of carboxylic acids is 1. The van der Waals surface area contributed by atoms with Gasteiger partial charge < -0.3 is 10.0 Å². The van der Waals surface area contributed by atoms with Crippen LogP contribution in [0.5, 0.6) is 0 Å². The summed E-state index contributed by atoms with van der Waals surface area (Å²) in [5.41, 5.74) is 1.17. The third-order valence-electron chi connectivity index (χ3n) is 2.79. The van der Waals surface area contributed by atoms with Gasteiger partial charge in [0.2, 0.25) is 0 Å². The highest BCUT2D eigenvalue weighted by molar-refractivity contribution is 9.10. The standard InChI is InChI=1S/C14H14BrN3O2/c1-9-16-7-12(14(19)20)13(17-9)18(2)8-10-4-3-5-11(15)6-10/h3-7H,8H2,1-2H3,(H,19,20). The first-order valence-corrected chi connectivity index (χ1v) is 6.79. The second-order valence-corrected chi connectivity index (χ2v) is 5.36. The van der Waals surface area contributed by atoms with Crippen molar-refractivity contribution in [2.45, 2.75) is 13.5 Å². The van der Waals surface area contributed by atoms with Gasteiger partial charge in [0.25, 0.3) is 0 Å². The second kappa shape index (κ2) is 6.00. The molecule has 0 unspecified atom stereocenters. The number of aromatic carboxylic acids is 1. The summed E-state index contributed by atoms with van der Waals surface area (Å²) in [6.07, 6.45) is 1.34. The SMILES string of the molecule is Cc1ncc(C(=O)O)c(N(C)Cc2cccc(Br)c2)n1. The topological polar surface area (TPSA) is 66.3 Å². The van der Waals surface area contributed by atoms with E-state index < -0.39 is 5.97 Å². The Morgan fingerprint density at radius 1 is 1.45 bits per heavy atom. The van der Waals surface area contributed by atoms with Crippen LogP contribution in [0, 0.1) is 6.92 Å². The van der Waals surface area contributed by atoms with E-state index in [1.807, 2.05) is 31.3 Å². The summed E-state index contributed by atoms with van der Waals surface area (Å²) in [5.74, 6) is -0.0582. The van der Waals surface area contributed by atoms with E-state index >= 15 is 0 Å². The molecule has 0 bridgehead atoms. The van der Waals surface area contributed by atoms with Crippen LogP contribution in [-0.2, 0) is 6.54 Å². The lowest BCUT2D eigenvalue weighted by Crippen LogP contribution is -2.21. The number of carboxylic acid groups (broad SMARTS) is 1. The first-order chi connectivity index (χ1) is 9.47. The minimum Gasteiger partial charge on any atom is -0.477 e. The van der Waals surface area contributed by atoms with Crippen molar-refractivity contribution in [1.29, 1.82) is 0 Å². The summed E-state index contributed by atoms with van der Waals surface area (Å²) in [6.45, 7) is 2.30. The van der Waals surface area contributed by atoms with E-state index in [0.29, 0.717) is 18.2 Å². The van der Waals surface area contributed by atoms with E-state index in [4.69, 9.17) is 0 Å². The smallest absolute Gasteiger partial charge is 0.341 e.